The van der Waals surface area contributed by atoms with Gasteiger partial charge in [0.1, 0.15) is 5.75 Å². The highest BCUT2D eigenvalue weighted by Gasteiger charge is 2.31. The molecule has 0 amide bonds. The second kappa shape index (κ2) is 7.77. The van der Waals surface area contributed by atoms with Crippen LogP contribution in [0.5, 0.6) is 5.75 Å². The smallest absolute Gasteiger partial charge is 0.406 e. The van der Waals surface area contributed by atoms with E-state index in [0.717, 1.165) is 37.3 Å². The minimum atomic E-state index is -4.70. The van der Waals surface area contributed by atoms with E-state index in [1.54, 1.807) is 24.3 Å². The number of rotatable bonds is 4. The third-order valence-electron chi connectivity index (χ3n) is 4.30. The van der Waals surface area contributed by atoms with Crippen LogP contribution in [-0.4, -0.2) is 37.4 Å². The third kappa shape index (κ3) is 4.54. The number of nitrogens with one attached hydrogen (secondary N) is 1. The number of nitriles is 1. The molecule has 0 spiro atoms. The van der Waals surface area contributed by atoms with Crippen molar-refractivity contribution in [3.63, 3.8) is 0 Å². The number of halogens is 3. The fourth-order valence-electron chi connectivity index (χ4n) is 3.15. The van der Waals surface area contributed by atoms with E-state index in [0.29, 0.717) is 5.56 Å². The van der Waals surface area contributed by atoms with Crippen LogP contribution in [0.4, 0.5) is 13.2 Å². The van der Waals surface area contributed by atoms with E-state index in [1.807, 2.05) is 12.1 Å². The molecule has 7 heteroatoms. The Morgan fingerprint density at radius 3 is 2.00 bits per heavy atom. The highest BCUT2D eigenvalue weighted by atomic mass is 19.4. The summed E-state index contributed by atoms with van der Waals surface area (Å²) in [6.45, 7) is 3.35. The zero-order valence-corrected chi connectivity index (χ0v) is 14.0. The Bertz CT molecular complexity index is 761. The summed E-state index contributed by atoms with van der Waals surface area (Å²) in [6, 6.07) is 15.3. The second-order valence-electron chi connectivity index (χ2n) is 6.04. The average Bonchev–Trinajstić information content (AvgIpc) is 2.64. The molecule has 3 rings (SSSR count). The summed E-state index contributed by atoms with van der Waals surface area (Å²) in [7, 11) is 0. The quantitative estimate of drug-likeness (QED) is 0.906. The molecule has 1 saturated heterocycles. The summed E-state index contributed by atoms with van der Waals surface area (Å²) < 4.78 is 41.0. The van der Waals surface area contributed by atoms with Crippen LogP contribution in [0.15, 0.2) is 48.5 Å². The van der Waals surface area contributed by atoms with E-state index < -0.39 is 6.36 Å². The van der Waals surface area contributed by atoms with E-state index in [1.165, 1.54) is 12.1 Å². The van der Waals surface area contributed by atoms with Crippen LogP contribution in [0.1, 0.15) is 22.7 Å². The maximum atomic E-state index is 12.4. The first kappa shape index (κ1) is 18.2. The van der Waals surface area contributed by atoms with Gasteiger partial charge in [-0.05, 0) is 35.4 Å². The minimum Gasteiger partial charge on any atom is -0.406 e. The number of alkyl halides is 3. The largest absolute Gasteiger partial charge is 0.573 e. The van der Waals surface area contributed by atoms with Gasteiger partial charge in [-0.1, -0.05) is 24.3 Å². The number of benzene rings is 2. The zero-order valence-electron chi connectivity index (χ0n) is 14.0. The first-order valence-corrected chi connectivity index (χ1v) is 8.27. The van der Waals surface area contributed by atoms with Crippen LogP contribution in [0, 0.1) is 11.3 Å². The van der Waals surface area contributed by atoms with Gasteiger partial charge in [0.15, 0.2) is 0 Å². The van der Waals surface area contributed by atoms with Gasteiger partial charge < -0.3 is 10.1 Å². The van der Waals surface area contributed by atoms with E-state index in [9.17, 15) is 13.2 Å². The molecule has 1 fully saturated rings. The molecule has 26 heavy (non-hydrogen) atoms. The summed E-state index contributed by atoms with van der Waals surface area (Å²) in [4.78, 5) is 2.28. The predicted octanol–water partition coefficient (Wildman–Crippen LogP) is 3.45. The van der Waals surface area contributed by atoms with Gasteiger partial charge in [-0.15, -0.1) is 13.2 Å². The molecular formula is C19H18F3N3O. The molecule has 136 valence electrons. The van der Waals surface area contributed by atoms with E-state index in [-0.39, 0.29) is 11.8 Å². The van der Waals surface area contributed by atoms with Crippen LogP contribution < -0.4 is 10.1 Å². The zero-order chi connectivity index (χ0) is 18.6. The van der Waals surface area contributed by atoms with E-state index in [2.05, 4.69) is 21.0 Å². The van der Waals surface area contributed by atoms with Gasteiger partial charge >= 0.3 is 6.36 Å². The highest BCUT2D eigenvalue weighted by molar-refractivity contribution is 5.39. The van der Waals surface area contributed by atoms with Gasteiger partial charge in [-0.3, -0.25) is 4.90 Å². The van der Waals surface area contributed by atoms with Crippen molar-refractivity contribution in [3.05, 3.63) is 65.2 Å². The van der Waals surface area contributed by atoms with Crippen LogP contribution in [0.3, 0.4) is 0 Å². The molecule has 1 heterocycles. The van der Waals surface area contributed by atoms with Gasteiger partial charge in [0.05, 0.1) is 17.7 Å². The topological polar surface area (TPSA) is 48.3 Å². The standard InChI is InChI=1S/C19H18F3N3O/c20-19(21,22)26-17-7-5-16(6-8-17)18(25-11-9-24-10-12-25)15-3-1-14(13-23)2-4-15/h1-8,18,24H,9-12H2/t18-/m0/s1. The van der Waals surface area contributed by atoms with Crippen molar-refractivity contribution in [1.29, 1.82) is 5.26 Å². The summed E-state index contributed by atoms with van der Waals surface area (Å²) in [5.74, 6) is -0.236. The van der Waals surface area contributed by atoms with E-state index >= 15 is 0 Å². The van der Waals surface area contributed by atoms with Crippen molar-refractivity contribution in [3.8, 4) is 11.8 Å². The van der Waals surface area contributed by atoms with Gasteiger partial charge in [0.2, 0.25) is 0 Å². The lowest BCUT2D eigenvalue weighted by atomic mass is 9.95. The molecule has 1 N–H and O–H groups in total. The number of hydrogen-bond acceptors (Lipinski definition) is 4. The van der Waals surface area contributed by atoms with Gasteiger partial charge in [-0.25, -0.2) is 0 Å². The molecule has 4 nitrogen and oxygen atoms in total. The SMILES string of the molecule is N#Cc1ccc([C@@H](c2ccc(OC(F)(F)F)cc2)N2CCNCC2)cc1. The van der Waals surface area contributed by atoms with Crippen LogP contribution in [0.2, 0.25) is 0 Å². The molecular weight excluding hydrogens is 343 g/mol. The van der Waals surface area contributed by atoms with Crippen LogP contribution >= 0.6 is 0 Å². The van der Waals surface area contributed by atoms with Crippen molar-refractivity contribution in [2.24, 2.45) is 0 Å². The Morgan fingerprint density at radius 2 is 1.50 bits per heavy atom. The lowest BCUT2D eigenvalue weighted by molar-refractivity contribution is -0.274. The van der Waals surface area contributed by atoms with Crippen molar-refractivity contribution in [2.75, 3.05) is 26.2 Å². The number of nitrogens with zero attached hydrogens (tertiary/aromatic N) is 2. The molecule has 0 unspecified atom stereocenters. The number of hydrogen-bond donors (Lipinski definition) is 1. The fraction of sp³-hybridized carbons (Fsp3) is 0.316. The van der Waals surface area contributed by atoms with Crippen LogP contribution in [0.25, 0.3) is 0 Å². The van der Waals surface area contributed by atoms with Gasteiger partial charge in [0.25, 0.3) is 0 Å². The van der Waals surface area contributed by atoms with Gasteiger partial charge in [-0.2, -0.15) is 5.26 Å². The molecule has 1 aliphatic rings. The Labute approximate surface area is 149 Å². The molecule has 2 aromatic carbocycles. The summed E-state index contributed by atoms with van der Waals surface area (Å²) in [6.07, 6.45) is -4.70. The Balaban J connectivity index is 1.90. The van der Waals surface area contributed by atoms with Crippen molar-refractivity contribution in [1.82, 2.24) is 10.2 Å². The molecule has 0 radical (unpaired) electrons. The maximum Gasteiger partial charge on any atom is 0.573 e. The molecule has 0 bridgehead atoms. The summed E-state index contributed by atoms with van der Waals surface area (Å²) in [5.41, 5.74) is 2.45. The Kier molecular flexibility index (Phi) is 5.45. The number of piperazine rings is 1. The van der Waals surface area contributed by atoms with Crippen LogP contribution in [-0.2, 0) is 0 Å². The second-order valence-corrected chi connectivity index (χ2v) is 6.04. The van der Waals surface area contributed by atoms with Crippen molar-refractivity contribution in [2.45, 2.75) is 12.4 Å². The molecule has 0 saturated carbocycles. The lowest BCUT2D eigenvalue weighted by Gasteiger charge is -2.35. The minimum absolute atomic E-state index is 0.0928. The molecule has 2 aromatic rings. The molecule has 0 aliphatic carbocycles. The molecule has 1 atom stereocenters. The Hall–Kier alpha value is -2.56. The normalized spacial score (nSPS) is 16.7. The highest BCUT2D eigenvalue weighted by Crippen LogP contribution is 2.31. The monoisotopic (exact) mass is 361 g/mol. The first-order valence-electron chi connectivity index (χ1n) is 8.27. The van der Waals surface area contributed by atoms with E-state index in [4.69, 9.17) is 5.26 Å². The molecule has 1 aliphatic heterocycles. The maximum absolute atomic E-state index is 12.4. The summed E-state index contributed by atoms with van der Waals surface area (Å²) in [5, 5.41) is 12.3. The Morgan fingerprint density at radius 1 is 0.962 bits per heavy atom. The number of ether oxygens (including phenoxy) is 1. The third-order valence-corrected chi connectivity index (χ3v) is 4.30. The summed E-state index contributed by atoms with van der Waals surface area (Å²) >= 11 is 0. The average molecular weight is 361 g/mol. The van der Waals surface area contributed by atoms with Gasteiger partial charge in [0, 0.05) is 26.2 Å². The molecule has 0 aromatic heterocycles. The lowest BCUT2D eigenvalue weighted by Crippen LogP contribution is -2.45. The first-order chi connectivity index (χ1) is 12.5. The van der Waals surface area contributed by atoms with Crippen molar-refractivity contribution >= 4 is 0 Å². The predicted molar refractivity (Wildman–Crippen MR) is 90.6 cm³/mol. The fourth-order valence-corrected chi connectivity index (χ4v) is 3.15. The van der Waals surface area contributed by atoms with Crippen molar-refractivity contribution < 1.29 is 17.9 Å².